The first-order valence-electron chi connectivity index (χ1n) is 12.0. The lowest BCUT2D eigenvalue weighted by Gasteiger charge is -2.16. The number of aromatic nitrogens is 2. The number of amides is 2. The van der Waals surface area contributed by atoms with Crippen LogP contribution in [0.25, 0.3) is 11.4 Å². The Labute approximate surface area is 207 Å². The lowest BCUT2D eigenvalue weighted by Crippen LogP contribution is -2.30. The summed E-state index contributed by atoms with van der Waals surface area (Å²) in [5.74, 6) is 0.674. The van der Waals surface area contributed by atoms with E-state index in [1.165, 1.54) is 12.1 Å². The quantitative estimate of drug-likeness (QED) is 0.444. The van der Waals surface area contributed by atoms with Gasteiger partial charge in [0.15, 0.2) is 5.82 Å². The van der Waals surface area contributed by atoms with Gasteiger partial charge >= 0.3 is 0 Å². The third-order valence-corrected chi connectivity index (χ3v) is 6.31. The fourth-order valence-electron chi connectivity index (χ4n) is 4.41. The van der Waals surface area contributed by atoms with Gasteiger partial charge in [-0.05, 0) is 74.8 Å². The van der Waals surface area contributed by atoms with E-state index in [4.69, 9.17) is 10.5 Å². The summed E-state index contributed by atoms with van der Waals surface area (Å²) in [4.78, 5) is 34.7. The minimum Gasteiger partial charge on any atom is -0.457 e. The number of carbonyl (C=O) groups excluding carboxylic acids is 2. The monoisotopic (exact) mass is 490 g/mol. The molecular weight excluding hydrogens is 463 g/mol. The van der Waals surface area contributed by atoms with Crippen molar-refractivity contribution in [3.8, 4) is 22.9 Å². The number of nitrogens with one attached hydrogen (secondary N) is 2. The fraction of sp³-hybridized carbons (Fsp3) is 0.308. The molecule has 2 saturated heterocycles. The van der Waals surface area contributed by atoms with Crippen molar-refractivity contribution in [2.24, 2.45) is 5.73 Å². The van der Waals surface area contributed by atoms with Gasteiger partial charge in [-0.2, -0.15) is 0 Å². The van der Waals surface area contributed by atoms with Gasteiger partial charge in [0, 0.05) is 30.3 Å². The van der Waals surface area contributed by atoms with Crippen LogP contribution in [0, 0.1) is 5.82 Å². The minimum absolute atomic E-state index is 0.0399. The van der Waals surface area contributed by atoms with E-state index in [1.54, 1.807) is 36.4 Å². The molecule has 1 unspecified atom stereocenters. The molecule has 0 saturated carbocycles. The SMILES string of the molecule is NC(=O)c1cc(NC2CCNC2=O)nc(-c2ccc(Oc3ccc(F)c(CN4CCCC4)c3)cc2)n1. The highest BCUT2D eigenvalue weighted by Gasteiger charge is 2.25. The normalized spacial score (nSPS) is 17.7. The van der Waals surface area contributed by atoms with E-state index >= 15 is 0 Å². The molecule has 2 aliphatic rings. The summed E-state index contributed by atoms with van der Waals surface area (Å²) >= 11 is 0. The van der Waals surface area contributed by atoms with Crippen LogP contribution in [0.5, 0.6) is 11.5 Å². The van der Waals surface area contributed by atoms with Gasteiger partial charge in [-0.15, -0.1) is 0 Å². The number of nitrogens with two attached hydrogens (primary N) is 1. The molecule has 2 fully saturated rings. The molecule has 9 nitrogen and oxygen atoms in total. The number of anilines is 1. The molecule has 1 aromatic heterocycles. The zero-order chi connectivity index (χ0) is 25.1. The molecule has 3 aromatic rings. The van der Waals surface area contributed by atoms with Crippen molar-refractivity contribution in [1.82, 2.24) is 20.2 Å². The Morgan fingerprint density at radius 1 is 1.11 bits per heavy atom. The van der Waals surface area contributed by atoms with E-state index in [1.807, 2.05) is 0 Å². The van der Waals surface area contributed by atoms with Crippen molar-refractivity contribution in [3.63, 3.8) is 0 Å². The summed E-state index contributed by atoms with van der Waals surface area (Å²) in [6, 6.07) is 12.8. The van der Waals surface area contributed by atoms with Crippen LogP contribution in [0.2, 0.25) is 0 Å². The summed E-state index contributed by atoms with van der Waals surface area (Å²) in [5.41, 5.74) is 6.75. The molecule has 1 atom stereocenters. The van der Waals surface area contributed by atoms with Crippen molar-refractivity contribution in [2.45, 2.75) is 31.8 Å². The summed E-state index contributed by atoms with van der Waals surface area (Å²) in [6.45, 7) is 3.10. The van der Waals surface area contributed by atoms with Crippen LogP contribution in [-0.2, 0) is 11.3 Å². The zero-order valence-corrected chi connectivity index (χ0v) is 19.7. The Morgan fingerprint density at radius 3 is 2.56 bits per heavy atom. The lowest BCUT2D eigenvalue weighted by atomic mass is 10.1. The number of likely N-dealkylation sites (tertiary alicyclic amines) is 1. The van der Waals surface area contributed by atoms with Crippen molar-refractivity contribution < 1.29 is 18.7 Å². The molecule has 0 bridgehead atoms. The highest BCUT2D eigenvalue weighted by molar-refractivity contribution is 5.92. The predicted molar refractivity (Wildman–Crippen MR) is 132 cm³/mol. The molecular formula is C26H27FN6O3. The van der Waals surface area contributed by atoms with E-state index in [9.17, 15) is 14.0 Å². The average molecular weight is 491 g/mol. The first kappa shape index (κ1) is 23.7. The Morgan fingerprint density at radius 2 is 1.86 bits per heavy atom. The Kier molecular flexibility index (Phi) is 6.77. The van der Waals surface area contributed by atoms with Crippen LogP contribution in [0.4, 0.5) is 10.2 Å². The number of primary amides is 1. The number of ether oxygens (including phenoxy) is 1. The van der Waals surface area contributed by atoms with Gasteiger partial charge in [0.1, 0.15) is 34.9 Å². The highest BCUT2D eigenvalue weighted by atomic mass is 19.1. The fourth-order valence-corrected chi connectivity index (χ4v) is 4.41. The largest absolute Gasteiger partial charge is 0.457 e. The van der Waals surface area contributed by atoms with Crippen LogP contribution in [0.15, 0.2) is 48.5 Å². The third-order valence-electron chi connectivity index (χ3n) is 6.31. The molecule has 186 valence electrons. The second-order valence-corrected chi connectivity index (χ2v) is 8.97. The first-order chi connectivity index (χ1) is 17.4. The molecule has 2 aliphatic heterocycles. The van der Waals surface area contributed by atoms with E-state index in [0.29, 0.717) is 48.0 Å². The number of hydrogen-bond acceptors (Lipinski definition) is 7. The van der Waals surface area contributed by atoms with Gasteiger partial charge in [0.2, 0.25) is 5.91 Å². The molecule has 4 N–H and O–H groups in total. The maximum Gasteiger partial charge on any atom is 0.267 e. The van der Waals surface area contributed by atoms with Gasteiger partial charge in [-0.25, -0.2) is 14.4 Å². The molecule has 5 rings (SSSR count). The Hall–Kier alpha value is -4.05. The second-order valence-electron chi connectivity index (χ2n) is 8.97. The number of benzene rings is 2. The summed E-state index contributed by atoms with van der Waals surface area (Å²) in [7, 11) is 0. The van der Waals surface area contributed by atoms with Gasteiger partial charge in [0.25, 0.3) is 5.91 Å². The third kappa shape index (κ3) is 5.44. The molecule has 0 aliphatic carbocycles. The molecule has 2 aromatic carbocycles. The van der Waals surface area contributed by atoms with Crippen molar-refractivity contribution in [1.29, 1.82) is 0 Å². The smallest absolute Gasteiger partial charge is 0.267 e. The maximum absolute atomic E-state index is 14.3. The van der Waals surface area contributed by atoms with Crippen LogP contribution in [-0.4, -0.2) is 52.4 Å². The van der Waals surface area contributed by atoms with E-state index in [-0.39, 0.29) is 23.2 Å². The number of halogens is 1. The van der Waals surface area contributed by atoms with Crippen molar-refractivity contribution >= 4 is 17.6 Å². The van der Waals surface area contributed by atoms with E-state index in [2.05, 4.69) is 25.5 Å². The predicted octanol–water partition coefficient (Wildman–Crippen LogP) is 3.07. The van der Waals surface area contributed by atoms with Crippen molar-refractivity contribution in [3.05, 3.63) is 65.6 Å². The Bertz CT molecular complexity index is 1280. The summed E-state index contributed by atoms with van der Waals surface area (Å²) in [5, 5.41) is 5.80. The standard InChI is InChI=1S/C26H27FN6O3/c27-20-8-7-19(13-17(20)15-33-11-1-2-12-33)36-18-5-3-16(4-6-18)25-31-22(24(28)34)14-23(32-25)30-21-9-10-29-26(21)35/h3-8,13-14,21H,1-2,9-12,15H2,(H2,28,34)(H,29,35)(H,30,31,32). The van der Waals surface area contributed by atoms with E-state index in [0.717, 1.165) is 25.9 Å². The van der Waals surface area contributed by atoms with E-state index < -0.39 is 11.9 Å². The van der Waals surface area contributed by atoms with Crippen molar-refractivity contribution in [2.75, 3.05) is 25.0 Å². The average Bonchev–Trinajstić information content (AvgIpc) is 3.53. The lowest BCUT2D eigenvalue weighted by molar-refractivity contribution is -0.119. The molecule has 36 heavy (non-hydrogen) atoms. The molecule has 10 heteroatoms. The van der Waals surface area contributed by atoms with Crippen LogP contribution in [0.1, 0.15) is 35.3 Å². The summed E-state index contributed by atoms with van der Waals surface area (Å²) in [6.07, 6.45) is 2.90. The molecule has 3 heterocycles. The number of hydrogen-bond donors (Lipinski definition) is 3. The number of rotatable bonds is 8. The van der Waals surface area contributed by atoms with Gasteiger partial charge in [0.05, 0.1) is 0 Å². The van der Waals surface area contributed by atoms with Crippen LogP contribution in [0.3, 0.4) is 0 Å². The molecule has 0 spiro atoms. The number of carbonyl (C=O) groups is 2. The van der Waals surface area contributed by atoms with Crippen LogP contribution >= 0.6 is 0 Å². The first-order valence-corrected chi connectivity index (χ1v) is 12.0. The zero-order valence-electron chi connectivity index (χ0n) is 19.7. The minimum atomic E-state index is -0.696. The summed E-state index contributed by atoms with van der Waals surface area (Å²) < 4.78 is 20.3. The Balaban J connectivity index is 1.33. The molecule has 0 radical (unpaired) electrons. The highest BCUT2D eigenvalue weighted by Crippen LogP contribution is 2.28. The molecule has 2 amide bonds. The topological polar surface area (TPSA) is 122 Å². The maximum atomic E-state index is 14.3. The van der Waals surface area contributed by atoms with Gasteiger partial charge < -0.3 is 21.1 Å². The van der Waals surface area contributed by atoms with Crippen LogP contribution < -0.4 is 21.1 Å². The van der Waals surface area contributed by atoms with Gasteiger partial charge in [-0.1, -0.05) is 0 Å². The second kappa shape index (κ2) is 10.3. The van der Waals surface area contributed by atoms with Gasteiger partial charge in [-0.3, -0.25) is 14.5 Å². The number of nitrogens with zero attached hydrogens (tertiary/aromatic N) is 3.